The number of hydrogen-bond donors (Lipinski definition) is 4. The van der Waals surface area contributed by atoms with Crippen LogP contribution in [0.4, 0.5) is 20.6 Å². The Morgan fingerprint density at radius 2 is 1.73 bits per heavy atom. The van der Waals surface area contributed by atoms with Crippen LogP contribution in [0.2, 0.25) is 0 Å². The van der Waals surface area contributed by atoms with Crippen LogP contribution >= 0.6 is 0 Å². The third-order valence-electron chi connectivity index (χ3n) is 5.85. The van der Waals surface area contributed by atoms with Gasteiger partial charge in [0, 0.05) is 35.7 Å². The molecule has 2 rings (SSSR count). The molecule has 2 aromatic rings. The molecule has 0 saturated carbocycles. The highest BCUT2D eigenvalue weighted by Gasteiger charge is 2.38. The SMILES string of the molecule is CC(C)NC(=O)NCC(C)(C)C(C)(C)c1ccc(Nc2ccc(F)cc2)c(C=N)c1. The van der Waals surface area contributed by atoms with Crippen LogP contribution in [-0.2, 0) is 5.41 Å². The predicted octanol–water partition coefficient (Wildman–Crippen LogP) is 5.58. The summed E-state index contributed by atoms with van der Waals surface area (Å²) < 4.78 is 13.1. The summed E-state index contributed by atoms with van der Waals surface area (Å²) >= 11 is 0. The smallest absolute Gasteiger partial charge is 0.315 e. The fraction of sp³-hybridized carbons (Fsp3) is 0.417. The summed E-state index contributed by atoms with van der Waals surface area (Å²) in [5.41, 5.74) is 2.83. The number of anilines is 2. The van der Waals surface area contributed by atoms with Crippen molar-refractivity contribution in [1.29, 1.82) is 5.41 Å². The molecule has 0 bridgehead atoms. The number of hydrogen-bond acceptors (Lipinski definition) is 3. The minimum absolute atomic E-state index is 0.0809. The largest absolute Gasteiger partial charge is 0.355 e. The van der Waals surface area contributed by atoms with Gasteiger partial charge >= 0.3 is 6.03 Å². The van der Waals surface area contributed by atoms with E-state index < -0.39 is 0 Å². The van der Waals surface area contributed by atoms with Crippen molar-refractivity contribution in [3.63, 3.8) is 0 Å². The monoisotopic (exact) mass is 412 g/mol. The van der Waals surface area contributed by atoms with Crippen molar-refractivity contribution in [3.8, 4) is 0 Å². The topological polar surface area (TPSA) is 77.0 Å². The Morgan fingerprint density at radius 3 is 2.30 bits per heavy atom. The molecule has 0 saturated heterocycles. The molecule has 162 valence electrons. The first kappa shape index (κ1) is 23.4. The lowest BCUT2D eigenvalue weighted by Crippen LogP contribution is -2.49. The molecule has 5 nitrogen and oxygen atoms in total. The summed E-state index contributed by atoms with van der Waals surface area (Å²) in [7, 11) is 0. The van der Waals surface area contributed by atoms with Crippen LogP contribution in [0, 0.1) is 16.6 Å². The van der Waals surface area contributed by atoms with Crippen molar-refractivity contribution in [3.05, 3.63) is 59.4 Å². The standard InChI is InChI=1S/C24H33FN4O/c1-16(2)28-22(30)27-15-23(3,4)24(5,6)18-7-12-21(17(13-18)14-26)29-20-10-8-19(25)9-11-20/h7-14,16,26,29H,15H2,1-6H3,(H2,27,28,30). The van der Waals surface area contributed by atoms with Gasteiger partial charge in [0.1, 0.15) is 5.82 Å². The zero-order chi connectivity index (χ0) is 22.5. The zero-order valence-corrected chi connectivity index (χ0v) is 18.7. The van der Waals surface area contributed by atoms with E-state index >= 15 is 0 Å². The summed E-state index contributed by atoms with van der Waals surface area (Å²) in [5.74, 6) is -0.289. The van der Waals surface area contributed by atoms with E-state index in [1.807, 2.05) is 32.0 Å². The highest BCUT2D eigenvalue weighted by atomic mass is 19.1. The minimum atomic E-state index is -0.289. The van der Waals surface area contributed by atoms with Crippen LogP contribution in [0.15, 0.2) is 42.5 Å². The second-order valence-electron chi connectivity index (χ2n) is 9.07. The zero-order valence-electron chi connectivity index (χ0n) is 18.7. The molecule has 2 aromatic carbocycles. The summed E-state index contributed by atoms with van der Waals surface area (Å²) in [6, 6.07) is 12.0. The average molecular weight is 413 g/mol. The Labute approximate surface area is 179 Å². The van der Waals surface area contributed by atoms with Gasteiger partial charge in [0.25, 0.3) is 0 Å². The Bertz CT molecular complexity index is 889. The van der Waals surface area contributed by atoms with Crippen molar-refractivity contribution < 1.29 is 9.18 Å². The van der Waals surface area contributed by atoms with Gasteiger partial charge in [0.15, 0.2) is 0 Å². The molecule has 30 heavy (non-hydrogen) atoms. The summed E-state index contributed by atoms with van der Waals surface area (Å²) in [6.45, 7) is 12.9. The molecule has 0 spiro atoms. The Morgan fingerprint density at radius 1 is 1.10 bits per heavy atom. The fourth-order valence-electron chi connectivity index (χ4n) is 3.10. The van der Waals surface area contributed by atoms with Gasteiger partial charge in [-0.2, -0.15) is 0 Å². The van der Waals surface area contributed by atoms with E-state index in [4.69, 9.17) is 5.41 Å². The first-order chi connectivity index (χ1) is 14.0. The van der Waals surface area contributed by atoms with E-state index in [9.17, 15) is 9.18 Å². The van der Waals surface area contributed by atoms with Crippen LogP contribution in [0.1, 0.15) is 52.7 Å². The van der Waals surface area contributed by atoms with Crippen LogP contribution in [0.25, 0.3) is 0 Å². The molecule has 0 aromatic heterocycles. The number of urea groups is 1. The number of nitrogens with one attached hydrogen (secondary N) is 4. The molecule has 0 aliphatic carbocycles. The normalized spacial score (nSPS) is 11.9. The number of carbonyl (C=O) groups is 1. The number of amides is 2. The van der Waals surface area contributed by atoms with Gasteiger partial charge in [-0.05, 0) is 66.6 Å². The highest BCUT2D eigenvalue weighted by molar-refractivity contribution is 5.88. The molecule has 2 amide bonds. The Kier molecular flexibility index (Phi) is 7.24. The molecular weight excluding hydrogens is 379 g/mol. The molecule has 0 aliphatic rings. The van der Waals surface area contributed by atoms with Gasteiger partial charge in [-0.15, -0.1) is 0 Å². The van der Waals surface area contributed by atoms with Crippen molar-refractivity contribution in [1.82, 2.24) is 10.6 Å². The van der Waals surface area contributed by atoms with Crippen molar-refractivity contribution >= 4 is 23.6 Å². The lowest BCUT2D eigenvalue weighted by atomic mass is 9.64. The van der Waals surface area contributed by atoms with E-state index in [1.165, 1.54) is 18.3 Å². The van der Waals surface area contributed by atoms with Gasteiger partial charge < -0.3 is 21.4 Å². The minimum Gasteiger partial charge on any atom is -0.355 e. The van der Waals surface area contributed by atoms with Crippen LogP contribution in [0.3, 0.4) is 0 Å². The van der Waals surface area contributed by atoms with Crippen molar-refractivity contribution in [2.45, 2.75) is 53.0 Å². The van der Waals surface area contributed by atoms with Crippen molar-refractivity contribution in [2.24, 2.45) is 5.41 Å². The van der Waals surface area contributed by atoms with Crippen LogP contribution < -0.4 is 16.0 Å². The summed E-state index contributed by atoms with van der Waals surface area (Å²) in [4.78, 5) is 12.0. The van der Waals surface area contributed by atoms with E-state index in [0.717, 1.165) is 22.5 Å². The first-order valence-corrected chi connectivity index (χ1v) is 10.2. The summed E-state index contributed by atoms with van der Waals surface area (Å²) in [6.07, 6.45) is 1.31. The van der Waals surface area contributed by atoms with E-state index in [-0.39, 0.29) is 28.7 Å². The highest BCUT2D eigenvalue weighted by Crippen LogP contribution is 2.42. The molecule has 0 radical (unpaired) electrons. The molecule has 0 atom stereocenters. The number of benzene rings is 2. The van der Waals surface area contributed by atoms with Crippen molar-refractivity contribution in [2.75, 3.05) is 11.9 Å². The Hall–Kier alpha value is -2.89. The number of halogens is 1. The van der Waals surface area contributed by atoms with Crippen LogP contribution in [-0.4, -0.2) is 24.8 Å². The molecule has 0 fully saturated rings. The van der Waals surface area contributed by atoms with Gasteiger partial charge in [0.2, 0.25) is 0 Å². The maximum Gasteiger partial charge on any atom is 0.315 e. The third kappa shape index (κ3) is 5.59. The molecule has 0 heterocycles. The van der Waals surface area contributed by atoms with Gasteiger partial charge in [-0.1, -0.05) is 33.8 Å². The summed E-state index contributed by atoms with van der Waals surface area (Å²) in [5, 5.41) is 16.9. The second kappa shape index (κ2) is 9.28. The van der Waals surface area contributed by atoms with E-state index in [0.29, 0.717) is 6.54 Å². The fourth-order valence-corrected chi connectivity index (χ4v) is 3.10. The van der Waals surface area contributed by atoms with Gasteiger partial charge in [0.05, 0.1) is 0 Å². The van der Waals surface area contributed by atoms with E-state index in [2.05, 4.69) is 43.6 Å². The maximum absolute atomic E-state index is 13.1. The molecule has 6 heteroatoms. The van der Waals surface area contributed by atoms with Crippen LogP contribution in [0.5, 0.6) is 0 Å². The molecule has 0 unspecified atom stereocenters. The third-order valence-corrected chi connectivity index (χ3v) is 5.85. The second-order valence-corrected chi connectivity index (χ2v) is 9.07. The molecule has 0 aliphatic heterocycles. The lowest BCUT2D eigenvalue weighted by Gasteiger charge is -2.42. The molecular formula is C24H33FN4O. The predicted molar refractivity (Wildman–Crippen MR) is 122 cm³/mol. The number of rotatable bonds is 8. The Balaban J connectivity index is 2.22. The quantitative estimate of drug-likeness (QED) is 0.427. The number of carbonyl (C=O) groups excluding carboxylic acids is 1. The molecule has 4 N–H and O–H groups in total. The maximum atomic E-state index is 13.1. The lowest BCUT2D eigenvalue weighted by molar-refractivity contribution is 0.185. The first-order valence-electron chi connectivity index (χ1n) is 10.2. The van der Waals surface area contributed by atoms with E-state index in [1.54, 1.807) is 12.1 Å². The van der Waals surface area contributed by atoms with Gasteiger partial charge in [-0.25, -0.2) is 9.18 Å². The average Bonchev–Trinajstić information content (AvgIpc) is 2.67. The van der Waals surface area contributed by atoms with Gasteiger partial charge in [-0.3, -0.25) is 0 Å².